The maximum Gasteiger partial charge on any atom is 0.261 e. The van der Waals surface area contributed by atoms with E-state index >= 15 is 0 Å². The summed E-state index contributed by atoms with van der Waals surface area (Å²) in [7, 11) is -3.70. The molecule has 0 aromatic heterocycles. The molecule has 0 bridgehead atoms. The Bertz CT molecular complexity index is 1020. The van der Waals surface area contributed by atoms with E-state index in [4.69, 9.17) is 11.6 Å². The zero-order chi connectivity index (χ0) is 18.6. The lowest BCUT2D eigenvalue weighted by atomic mass is 10.2. The standard InChI is InChI=1S/C19H15ClN2O3S/c20-18-9-5-4-8-17(18)19(23)21-14-10-12-16(13-11-14)26(24,25)22-15-6-2-1-3-7-15/h1-13,22H,(H,21,23). The molecule has 0 atom stereocenters. The maximum absolute atomic E-state index is 12.4. The summed E-state index contributed by atoms with van der Waals surface area (Å²) >= 11 is 6.00. The Balaban J connectivity index is 1.74. The molecule has 0 aliphatic carbocycles. The largest absolute Gasteiger partial charge is 0.322 e. The molecule has 3 aromatic carbocycles. The van der Waals surface area contributed by atoms with Crippen molar-refractivity contribution in [3.05, 3.63) is 89.4 Å². The minimum absolute atomic E-state index is 0.0945. The maximum atomic E-state index is 12.4. The van der Waals surface area contributed by atoms with Crippen molar-refractivity contribution in [2.24, 2.45) is 0 Å². The van der Waals surface area contributed by atoms with Crippen LogP contribution < -0.4 is 10.0 Å². The minimum atomic E-state index is -3.70. The first-order valence-electron chi connectivity index (χ1n) is 7.69. The monoisotopic (exact) mass is 386 g/mol. The zero-order valence-corrected chi connectivity index (χ0v) is 15.1. The van der Waals surface area contributed by atoms with E-state index in [-0.39, 0.29) is 10.8 Å². The Hall–Kier alpha value is -2.83. The molecule has 0 heterocycles. The Labute approximate surface area is 156 Å². The number of nitrogens with one attached hydrogen (secondary N) is 2. The summed E-state index contributed by atoms with van der Waals surface area (Å²) in [6.07, 6.45) is 0. The van der Waals surface area contributed by atoms with Gasteiger partial charge in [0.05, 0.1) is 15.5 Å². The van der Waals surface area contributed by atoms with Gasteiger partial charge < -0.3 is 5.32 Å². The van der Waals surface area contributed by atoms with E-state index in [9.17, 15) is 13.2 Å². The van der Waals surface area contributed by atoms with E-state index in [1.54, 1.807) is 54.6 Å². The van der Waals surface area contributed by atoms with Crippen LogP contribution in [0.1, 0.15) is 10.4 Å². The molecule has 0 aliphatic rings. The molecule has 3 aromatic rings. The van der Waals surface area contributed by atoms with E-state index < -0.39 is 10.0 Å². The van der Waals surface area contributed by atoms with Gasteiger partial charge in [-0.3, -0.25) is 9.52 Å². The number of carbonyl (C=O) groups is 1. The van der Waals surface area contributed by atoms with Gasteiger partial charge in [-0.15, -0.1) is 0 Å². The molecule has 0 spiro atoms. The van der Waals surface area contributed by atoms with Crippen LogP contribution in [0.15, 0.2) is 83.8 Å². The van der Waals surface area contributed by atoms with E-state index in [1.165, 1.54) is 24.3 Å². The molecule has 26 heavy (non-hydrogen) atoms. The molecule has 0 unspecified atom stereocenters. The number of amides is 1. The van der Waals surface area contributed by atoms with Crippen LogP contribution in [0.2, 0.25) is 5.02 Å². The van der Waals surface area contributed by atoms with Crippen LogP contribution in [0.25, 0.3) is 0 Å². The van der Waals surface area contributed by atoms with Crippen molar-refractivity contribution in [2.75, 3.05) is 10.0 Å². The molecule has 3 rings (SSSR count). The number of benzene rings is 3. The van der Waals surface area contributed by atoms with Gasteiger partial charge in [-0.1, -0.05) is 41.9 Å². The first-order valence-corrected chi connectivity index (χ1v) is 9.56. The second kappa shape index (κ2) is 7.59. The third-order valence-electron chi connectivity index (χ3n) is 3.57. The van der Waals surface area contributed by atoms with Gasteiger partial charge in [-0.25, -0.2) is 8.42 Å². The van der Waals surface area contributed by atoms with E-state index in [1.807, 2.05) is 0 Å². The Morgan fingerprint density at radius 3 is 2.04 bits per heavy atom. The van der Waals surface area contributed by atoms with Crippen LogP contribution in [0.3, 0.4) is 0 Å². The topological polar surface area (TPSA) is 75.3 Å². The first kappa shape index (κ1) is 18.0. The first-order chi connectivity index (χ1) is 12.5. The van der Waals surface area contributed by atoms with Crippen LogP contribution in [-0.4, -0.2) is 14.3 Å². The van der Waals surface area contributed by atoms with Gasteiger partial charge in [0.2, 0.25) is 0 Å². The van der Waals surface area contributed by atoms with Crippen molar-refractivity contribution in [1.29, 1.82) is 0 Å². The third kappa shape index (κ3) is 4.22. The second-order valence-corrected chi connectivity index (χ2v) is 7.52. The highest BCUT2D eigenvalue weighted by Gasteiger charge is 2.15. The van der Waals surface area contributed by atoms with Gasteiger partial charge in [0.25, 0.3) is 15.9 Å². The van der Waals surface area contributed by atoms with Crippen molar-refractivity contribution in [3.63, 3.8) is 0 Å². The number of rotatable bonds is 5. The Morgan fingerprint density at radius 2 is 1.38 bits per heavy atom. The summed E-state index contributed by atoms with van der Waals surface area (Å²) in [5.41, 5.74) is 1.29. The summed E-state index contributed by atoms with van der Waals surface area (Å²) in [5, 5.41) is 3.03. The molecule has 132 valence electrons. The highest BCUT2D eigenvalue weighted by atomic mass is 35.5. The molecule has 0 aliphatic heterocycles. The van der Waals surface area contributed by atoms with Crippen LogP contribution in [-0.2, 0) is 10.0 Å². The molecule has 2 N–H and O–H groups in total. The summed E-state index contributed by atoms with van der Waals surface area (Å²) in [6, 6.07) is 21.2. The molecule has 0 saturated carbocycles. The molecule has 5 nitrogen and oxygen atoms in total. The fourth-order valence-electron chi connectivity index (χ4n) is 2.28. The van der Waals surface area contributed by atoms with E-state index in [2.05, 4.69) is 10.0 Å². The summed E-state index contributed by atoms with van der Waals surface area (Å²) in [6.45, 7) is 0. The molecular weight excluding hydrogens is 372 g/mol. The summed E-state index contributed by atoms with van der Waals surface area (Å²) in [4.78, 5) is 12.3. The predicted octanol–water partition coefficient (Wildman–Crippen LogP) is 4.39. The number of anilines is 2. The lowest BCUT2D eigenvalue weighted by molar-refractivity contribution is 0.102. The van der Waals surface area contributed by atoms with Gasteiger partial charge in [-0.05, 0) is 48.5 Å². The van der Waals surface area contributed by atoms with E-state index in [0.29, 0.717) is 22.0 Å². The van der Waals surface area contributed by atoms with Crippen molar-refractivity contribution >= 4 is 38.9 Å². The molecule has 7 heteroatoms. The van der Waals surface area contributed by atoms with Crippen LogP contribution in [0.5, 0.6) is 0 Å². The average Bonchev–Trinajstić information content (AvgIpc) is 2.63. The third-order valence-corrected chi connectivity index (χ3v) is 5.29. The Kier molecular flexibility index (Phi) is 5.25. The fourth-order valence-corrected chi connectivity index (χ4v) is 3.56. The SMILES string of the molecule is O=C(Nc1ccc(S(=O)(=O)Nc2ccccc2)cc1)c1ccccc1Cl. The summed E-state index contributed by atoms with van der Waals surface area (Å²) in [5.74, 6) is -0.367. The predicted molar refractivity (Wildman–Crippen MR) is 103 cm³/mol. The minimum Gasteiger partial charge on any atom is -0.322 e. The lowest BCUT2D eigenvalue weighted by Gasteiger charge is -2.10. The van der Waals surface area contributed by atoms with Gasteiger partial charge in [-0.2, -0.15) is 0 Å². The number of halogens is 1. The van der Waals surface area contributed by atoms with Gasteiger partial charge in [0.1, 0.15) is 0 Å². The number of para-hydroxylation sites is 1. The highest BCUT2D eigenvalue weighted by molar-refractivity contribution is 7.92. The molecule has 0 radical (unpaired) electrons. The van der Waals surface area contributed by atoms with Crippen molar-refractivity contribution in [3.8, 4) is 0 Å². The highest BCUT2D eigenvalue weighted by Crippen LogP contribution is 2.20. The Morgan fingerprint density at radius 1 is 0.769 bits per heavy atom. The molecule has 0 fully saturated rings. The van der Waals surface area contributed by atoms with Gasteiger partial charge in [0.15, 0.2) is 0 Å². The van der Waals surface area contributed by atoms with Crippen molar-refractivity contribution < 1.29 is 13.2 Å². The van der Waals surface area contributed by atoms with Crippen molar-refractivity contribution in [1.82, 2.24) is 0 Å². The fraction of sp³-hybridized carbons (Fsp3) is 0. The van der Waals surface area contributed by atoms with Crippen LogP contribution in [0.4, 0.5) is 11.4 Å². The van der Waals surface area contributed by atoms with Crippen LogP contribution in [0, 0.1) is 0 Å². The normalized spacial score (nSPS) is 11.0. The quantitative estimate of drug-likeness (QED) is 0.682. The van der Waals surface area contributed by atoms with Gasteiger partial charge in [0, 0.05) is 11.4 Å². The summed E-state index contributed by atoms with van der Waals surface area (Å²) < 4.78 is 27.3. The molecule has 0 saturated heterocycles. The number of hydrogen-bond acceptors (Lipinski definition) is 3. The molecule has 1 amide bonds. The zero-order valence-electron chi connectivity index (χ0n) is 13.5. The lowest BCUT2D eigenvalue weighted by Crippen LogP contribution is -2.14. The average molecular weight is 387 g/mol. The van der Waals surface area contributed by atoms with E-state index in [0.717, 1.165) is 0 Å². The molecular formula is C19H15ClN2O3S. The number of sulfonamides is 1. The van der Waals surface area contributed by atoms with Gasteiger partial charge >= 0.3 is 0 Å². The smallest absolute Gasteiger partial charge is 0.261 e. The van der Waals surface area contributed by atoms with Crippen molar-refractivity contribution in [2.45, 2.75) is 4.90 Å². The van der Waals surface area contributed by atoms with Crippen LogP contribution >= 0.6 is 11.6 Å². The second-order valence-electron chi connectivity index (χ2n) is 5.43. The number of hydrogen-bond donors (Lipinski definition) is 2. The number of carbonyl (C=O) groups excluding carboxylic acids is 1.